The Hall–Kier alpha value is -2.04. The number of hydrogen-bond acceptors (Lipinski definition) is 4. The van der Waals surface area contributed by atoms with Gasteiger partial charge in [-0.25, -0.2) is 0 Å². The van der Waals surface area contributed by atoms with Crippen molar-refractivity contribution in [3.8, 4) is 11.5 Å². The number of rotatable bonds is 4. The predicted molar refractivity (Wildman–Crippen MR) is 67.8 cm³/mol. The van der Waals surface area contributed by atoms with E-state index in [0.29, 0.717) is 23.7 Å². The van der Waals surface area contributed by atoms with Gasteiger partial charge in [-0.15, -0.1) is 0 Å². The number of benzene rings is 1. The van der Waals surface area contributed by atoms with Crippen molar-refractivity contribution < 1.29 is 24.2 Å². The fraction of sp³-hybridized carbons (Fsp3) is 0.429. The molecule has 0 aromatic heterocycles. The second-order valence-electron chi connectivity index (χ2n) is 4.81. The molecule has 0 radical (unpaired) electrons. The van der Waals surface area contributed by atoms with Crippen LogP contribution in [0.1, 0.15) is 37.0 Å². The molecule has 0 amide bonds. The van der Waals surface area contributed by atoms with Gasteiger partial charge in [-0.05, 0) is 26.0 Å². The summed E-state index contributed by atoms with van der Waals surface area (Å²) in [6.07, 6.45) is -0.142. The first-order chi connectivity index (χ1) is 8.93. The average Bonchev–Trinajstić information content (AvgIpc) is 2.26. The van der Waals surface area contributed by atoms with Gasteiger partial charge in [0.1, 0.15) is 17.1 Å². The van der Waals surface area contributed by atoms with Gasteiger partial charge in [0.2, 0.25) is 0 Å². The number of fused-ring (bicyclic) bond motifs is 1. The number of ketones is 1. The molecule has 1 aromatic rings. The number of carboxylic acids is 1. The molecule has 0 bridgehead atoms. The maximum absolute atomic E-state index is 12.0. The van der Waals surface area contributed by atoms with E-state index in [9.17, 15) is 9.59 Å². The number of carboxylic acid groups (broad SMARTS) is 1. The van der Waals surface area contributed by atoms with Crippen LogP contribution in [-0.4, -0.2) is 29.1 Å². The average molecular weight is 264 g/mol. The lowest BCUT2D eigenvalue weighted by Gasteiger charge is -2.33. The van der Waals surface area contributed by atoms with E-state index in [2.05, 4.69) is 0 Å². The summed E-state index contributed by atoms with van der Waals surface area (Å²) in [5, 5.41) is 8.89. The number of ether oxygens (including phenoxy) is 2. The van der Waals surface area contributed by atoms with Crippen molar-refractivity contribution in [2.45, 2.75) is 32.3 Å². The predicted octanol–water partition coefficient (Wildman–Crippen LogP) is 2.28. The lowest BCUT2D eigenvalue weighted by atomic mass is 9.89. The minimum Gasteiger partial charge on any atom is -0.494 e. The lowest BCUT2D eigenvalue weighted by Crippen LogP contribution is -2.41. The van der Waals surface area contributed by atoms with Crippen molar-refractivity contribution in [2.24, 2.45) is 0 Å². The van der Waals surface area contributed by atoms with Gasteiger partial charge in [0, 0.05) is 6.07 Å². The largest absolute Gasteiger partial charge is 0.494 e. The second kappa shape index (κ2) is 4.91. The van der Waals surface area contributed by atoms with Crippen LogP contribution in [0.2, 0.25) is 0 Å². The zero-order valence-corrected chi connectivity index (χ0v) is 10.9. The molecule has 0 fully saturated rings. The van der Waals surface area contributed by atoms with Crippen molar-refractivity contribution >= 4 is 11.8 Å². The Morgan fingerprint density at radius 1 is 1.53 bits per heavy atom. The lowest BCUT2D eigenvalue weighted by molar-refractivity contribution is -0.141. The first-order valence-corrected chi connectivity index (χ1v) is 6.14. The zero-order valence-electron chi connectivity index (χ0n) is 10.9. The van der Waals surface area contributed by atoms with E-state index < -0.39 is 11.6 Å². The number of hydrogen-bond donors (Lipinski definition) is 1. The maximum Gasteiger partial charge on any atom is 0.307 e. The molecule has 5 nitrogen and oxygen atoms in total. The molecule has 1 aliphatic rings. The third-order valence-corrected chi connectivity index (χ3v) is 2.98. The second-order valence-corrected chi connectivity index (χ2v) is 4.81. The van der Waals surface area contributed by atoms with E-state index in [0.717, 1.165) is 0 Å². The van der Waals surface area contributed by atoms with Crippen LogP contribution in [-0.2, 0) is 4.79 Å². The maximum atomic E-state index is 12.0. The van der Waals surface area contributed by atoms with E-state index in [1.807, 2.05) is 6.92 Å². The molecule has 0 spiro atoms. The topological polar surface area (TPSA) is 72.8 Å². The van der Waals surface area contributed by atoms with Crippen molar-refractivity contribution in [3.05, 3.63) is 23.8 Å². The molecule has 1 aliphatic heterocycles. The molecule has 0 aliphatic carbocycles. The summed E-state index contributed by atoms with van der Waals surface area (Å²) in [6, 6.07) is 5.00. The van der Waals surface area contributed by atoms with Crippen LogP contribution < -0.4 is 9.47 Å². The van der Waals surface area contributed by atoms with Crippen LogP contribution in [0.3, 0.4) is 0 Å². The first-order valence-electron chi connectivity index (χ1n) is 6.14. The van der Waals surface area contributed by atoms with Gasteiger partial charge in [-0.2, -0.15) is 0 Å². The van der Waals surface area contributed by atoms with Crippen LogP contribution in [0.4, 0.5) is 0 Å². The minimum absolute atomic E-state index is 0.0697. The molecule has 1 unspecified atom stereocenters. The van der Waals surface area contributed by atoms with Gasteiger partial charge in [0.15, 0.2) is 5.78 Å². The summed E-state index contributed by atoms with van der Waals surface area (Å²) in [7, 11) is 0. The fourth-order valence-corrected chi connectivity index (χ4v) is 2.23. The van der Waals surface area contributed by atoms with Gasteiger partial charge in [-0.3, -0.25) is 9.59 Å². The highest BCUT2D eigenvalue weighted by Crippen LogP contribution is 2.37. The summed E-state index contributed by atoms with van der Waals surface area (Å²) >= 11 is 0. The number of carbonyl (C=O) groups is 2. The molecule has 1 heterocycles. The van der Waals surface area contributed by atoms with Gasteiger partial charge in [-0.1, -0.05) is 0 Å². The molecule has 19 heavy (non-hydrogen) atoms. The van der Waals surface area contributed by atoms with E-state index in [4.69, 9.17) is 14.6 Å². The van der Waals surface area contributed by atoms with E-state index in [1.54, 1.807) is 25.1 Å². The molecule has 0 saturated carbocycles. The van der Waals surface area contributed by atoms with Crippen molar-refractivity contribution in [3.63, 3.8) is 0 Å². The van der Waals surface area contributed by atoms with Crippen LogP contribution in [0.25, 0.3) is 0 Å². The molecule has 2 rings (SSSR count). The quantitative estimate of drug-likeness (QED) is 0.903. The zero-order chi connectivity index (χ0) is 14.0. The Labute approximate surface area is 111 Å². The van der Waals surface area contributed by atoms with Crippen LogP contribution in [0, 0.1) is 0 Å². The van der Waals surface area contributed by atoms with Crippen LogP contribution in [0.5, 0.6) is 11.5 Å². The molecule has 1 atom stereocenters. The Morgan fingerprint density at radius 2 is 2.26 bits per heavy atom. The third kappa shape index (κ3) is 2.86. The van der Waals surface area contributed by atoms with Crippen molar-refractivity contribution in [1.29, 1.82) is 0 Å². The highest BCUT2D eigenvalue weighted by atomic mass is 16.5. The number of Topliss-reactive ketones (excluding diaryl/α,β-unsaturated/α-hetero) is 1. The monoisotopic (exact) mass is 264 g/mol. The third-order valence-electron chi connectivity index (χ3n) is 2.98. The van der Waals surface area contributed by atoms with Crippen molar-refractivity contribution in [1.82, 2.24) is 0 Å². The van der Waals surface area contributed by atoms with E-state index in [-0.39, 0.29) is 18.6 Å². The van der Waals surface area contributed by atoms with Crippen LogP contribution in [0.15, 0.2) is 18.2 Å². The summed E-state index contributed by atoms with van der Waals surface area (Å²) in [4.78, 5) is 22.9. The SMILES string of the molecule is CCOc1ccc2c(c1)OC(C)(CC(=O)O)CC2=O. The summed E-state index contributed by atoms with van der Waals surface area (Å²) in [5.74, 6) is -0.0904. The summed E-state index contributed by atoms with van der Waals surface area (Å²) < 4.78 is 11.1. The molecule has 1 N–H and O–H groups in total. The summed E-state index contributed by atoms with van der Waals surface area (Å²) in [5.41, 5.74) is -0.521. The summed E-state index contributed by atoms with van der Waals surface area (Å²) in [6.45, 7) is 4.01. The molecule has 102 valence electrons. The Bertz CT molecular complexity index is 523. The standard InChI is InChI=1S/C14H16O5/c1-3-18-9-4-5-10-11(15)7-14(2,8-13(16)17)19-12(10)6-9/h4-6H,3,7-8H2,1-2H3,(H,16,17). The Balaban J connectivity index is 2.32. The van der Waals surface area contributed by atoms with Crippen molar-refractivity contribution in [2.75, 3.05) is 6.61 Å². The van der Waals surface area contributed by atoms with Gasteiger partial charge < -0.3 is 14.6 Å². The Morgan fingerprint density at radius 3 is 2.89 bits per heavy atom. The highest BCUT2D eigenvalue weighted by Gasteiger charge is 2.38. The van der Waals surface area contributed by atoms with Gasteiger partial charge in [0.25, 0.3) is 0 Å². The van der Waals surface area contributed by atoms with Gasteiger partial charge >= 0.3 is 5.97 Å². The Kier molecular flexibility index (Phi) is 3.46. The smallest absolute Gasteiger partial charge is 0.307 e. The van der Waals surface area contributed by atoms with Crippen LogP contribution >= 0.6 is 0 Å². The molecule has 5 heteroatoms. The number of carbonyl (C=O) groups excluding carboxylic acids is 1. The fourth-order valence-electron chi connectivity index (χ4n) is 2.23. The van der Waals surface area contributed by atoms with E-state index in [1.165, 1.54) is 0 Å². The normalized spacial score (nSPS) is 21.5. The molecular formula is C14H16O5. The molecule has 1 aromatic carbocycles. The minimum atomic E-state index is -0.999. The first kappa shape index (κ1) is 13.4. The van der Waals surface area contributed by atoms with Gasteiger partial charge in [0.05, 0.1) is 25.0 Å². The van der Waals surface area contributed by atoms with E-state index >= 15 is 0 Å². The highest BCUT2D eigenvalue weighted by molar-refractivity contribution is 6.00. The molecular weight excluding hydrogens is 248 g/mol. The molecule has 0 saturated heterocycles. The number of aliphatic carboxylic acids is 1.